The van der Waals surface area contributed by atoms with Crippen molar-refractivity contribution in [2.75, 3.05) is 13.1 Å². The first-order valence-corrected chi connectivity index (χ1v) is 3.67. The van der Waals surface area contributed by atoms with E-state index in [0.717, 1.165) is 25.9 Å². The number of hydrogen-bond acceptors (Lipinski definition) is 3. The number of rotatable bonds is 1. The molecule has 0 saturated carbocycles. The Morgan fingerprint density at radius 3 is 3.00 bits per heavy atom. The van der Waals surface area contributed by atoms with E-state index in [4.69, 9.17) is 4.74 Å². The van der Waals surface area contributed by atoms with Gasteiger partial charge in [-0.2, -0.15) is 0 Å². The third kappa shape index (κ3) is 2.35. The highest BCUT2D eigenvalue weighted by Gasteiger charge is 2.14. The van der Waals surface area contributed by atoms with Gasteiger partial charge in [-0.05, 0) is 19.4 Å². The second-order valence-corrected chi connectivity index (χ2v) is 2.58. The molecule has 1 rings (SSSR count). The predicted octanol–water partition coefficient (Wildman–Crippen LogP) is 0.301. The first-order chi connectivity index (χ1) is 4.79. The zero-order valence-electron chi connectivity index (χ0n) is 6.22. The number of carbonyl (C=O) groups excluding carboxylic acids is 1. The maximum absolute atomic E-state index is 10.5. The van der Waals surface area contributed by atoms with Gasteiger partial charge in [-0.15, -0.1) is 0 Å². The Labute approximate surface area is 60.7 Å². The van der Waals surface area contributed by atoms with E-state index in [0.29, 0.717) is 0 Å². The maximum atomic E-state index is 10.5. The largest absolute Gasteiger partial charge is 0.461 e. The van der Waals surface area contributed by atoms with E-state index in [1.54, 1.807) is 0 Å². The van der Waals surface area contributed by atoms with Crippen molar-refractivity contribution in [3.05, 3.63) is 0 Å². The summed E-state index contributed by atoms with van der Waals surface area (Å²) in [5.74, 6) is -0.172. The highest BCUT2D eigenvalue weighted by molar-refractivity contribution is 5.66. The average molecular weight is 143 g/mol. The summed E-state index contributed by atoms with van der Waals surface area (Å²) in [7, 11) is 0. The van der Waals surface area contributed by atoms with Crippen molar-refractivity contribution in [3.8, 4) is 0 Å². The smallest absolute Gasteiger partial charge is 0.302 e. The molecule has 1 saturated heterocycles. The lowest BCUT2D eigenvalue weighted by molar-refractivity contribution is -0.146. The third-order valence-electron chi connectivity index (χ3n) is 1.58. The fourth-order valence-corrected chi connectivity index (χ4v) is 1.16. The molecular formula is C7H13NO2. The van der Waals surface area contributed by atoms with Gasteiger partial charge in [0.25, 0.3) is 0 Å². The van der Waals surface area contributed by atoms with Crippen LogP contribution in [0.2, 0.25) is 0 Å². The molecule has 0 aromatic heterocycles. The van der Waals surface area contributed by atoms with Gasteiger partial charge >= 0.3 is 5.97 Å². The van der Waals surface area contributed by atoms with E-state index in [9.17, 15) is 4.79 Å². The molecule has 1 fully saturated rings. The van der Waals surface area contributed by atoms with Crippen LogP contribution in [0.5, 0.6) is 0 Å². The van der Waals surface area contributed by atoms with Crippen LogP contribution in [0, 0.1) is 0 Å². The van der Waals surface area contributed by atoms with Crippen LogP contribution in [0.3, 0.4) is 0 Å². The standard InChI is InChI=1S/C7H13NO2/c1-6(9)10-7-3-2-4-8-5-7/h7-8H,2-5H2,1H3/t7-/m0/s1. The molecule has 1 aliphatic heterocycles. The Balaban J connectivity index is 2.19. The van der Waals surface area contributed by atoms with Crippen molar-refractivity contribution in [2.45, 2.75) is 25.9 Å². The van der Waals surface area contributed by atoms with Gasteiger partial charge < -0.3 is 10.1 Å². The van der Waals surface area contributed by atoms with E-state index < -0.39 is 0 Å². The van der Waals surface area contributed by atoms with Gasteiger partial charge in [0.15, 0.2) is 0 Å². The lowest BCUT2D eigenvalue weighted by Gasteiger charge is -2.21. The van der Waals surface area contributed by atoms with Gasteiger partial charge in [0.2, 0.25) is 0 Å². The lowest BCUT2D eigenvalue weighted by atomic mass is 10.1. The Hall–Kier alpha value is -0.570. The minimum absolute atomic E-state index is 0.117. The van der Waals surface area contributed by atoms with Gasteiger partial charge in [0.1, 0.15) is 6.10 Å². The molecule has 0 spiro atoms. The molecule has 0 aliphatic carbocycles. The van der Waals surface area contributed by atoms with Crippen LogP contribution in [0.15, 0.2) is 0 Å². The maximum Gasteiger partial charge on any atom is 0.302 e. The van der Waals surface area contributed by atoms with Crippen LogP contribution in [0.1, 0.15) is 19.8 Å². The number of carbonyl (C=O) groups is 1. The normalized spacial score (nSPS) is 25.9. The molecule has 58 valence electrons. The van der Waals surface area contributed by atoms with Crippen molar-refractivity contribution in [1.82, 2.24) is 5.32 Å². The lowest BCUT2D eigenvalue weighted by Crippen LogP contribution is -2.36. The summed E-state index contributed by atoms with van der Waals surface area (Å²) in [6.07, 6.45) is 2.23. The summed E-state index contributed by atoms with van der Waals surface area (Å²) >= 11 is 0. The molecule has 0 unspecified atom stereocenters. The number of ether oxygens (including phenoxy) is 1. The molecule has 0 amide bonds. The molecule has 0 aromatic carbocycles. The minimum Gasteiger partial charge on any atom is -0.461 e. The Morgan fingerprint density at radius 1 is 1.70 bits per heavy atom. The second kappa shape index (κ2) is 3.56. The van der Waals surface area contributed by atoms with Crippen molar-refractivity contribution in [2.24, 2.45) is 0 Å². The monoisotopic (exact) mass is 143 g/mol. The van der Waals surface area contributed by atoms with Gasteiger partial charge in [-0.3, -0.25) is 4.79 Å². The molecule has 1 heterocycles. The summed E-state index contributed by atoms with van der Waals surface area (Å²) in [5.41, 5.74) is 0. The fourth-order valence-electron chi connectivity index (χ4n) is 1.16. The molecule has 10 heavy (non-hydrogen) atoms. The SMILES string of the molecule is CC(=O)O[C@H]1CCCNC1. The summed E-state index contributed by atoms with van der Waals surface area (Å²) in [6.45, 7) is 3.33. The van der Waals surface area contributed by atoms with E-state index in [1.165, 1.54) is 6.92 Å². The molecule has 1 aliphatic rings. The minimum atomic E-state index is -0.172. The van der Waals surface area contributed by atoms with Crippen LogP contribution in [0.25, 0.3) is 0 Å². The second-order valence-electron chi connectivity index (χ2n) is 2.58. The van der Waals surface area contributed by atoms with E-state index in [-0.39, 0.29) is 12.1 Å². The Bertz CT molecular complexity index is 119. The number of nitrogens with one attached hydrogen (secondary N) is 1. The quantitative estimate of drug-likeness (QED) is 0.536. The zero-order chi connectivity index (χ0) is 7.40. The van der Waals surface area contributed by atoms with Crippen LogP contribution >= 0.6 is 0 Å². The van der Waals surface area contributed by atoms with E-state index in [1.807, 2.05) is 0 Å². The number of piperidine rings is 1. The molecular weight excluding hydrogens is 130 g/mol. The van der Waals surface area contributed by atoms with E-state index >= 15 is 0 Å². The van der Waals surface area contributed by atoms with Crippen molar-refractivity contribution < 1.29 is 9.53 Å². The van der Waals surface area contributed by atoms with Gasteiger partial charge in [-0.25, -0.2) is 0 Å². The first-order valence-electron chi connectivity index (χ1n) is 3.67. The molecule has 3 nitrogen and oxygen atoms in total. The zero-order valence-corrected chi connectivity index (χ0v) is 6.22. The highest BCUT2D eigenvalue weighted by Crippen LogP contribution is 2.05. The van der Waals surface area contributed by atoms with Gasteiger partial charge in [-0.1, -0.05) is 0 Å². The van der Waals surface area contributed by atoms with Gasteiger partial charge in [0.05, 0.1) is 0 Å². The topological polar surface area (TPSA) is 38.3 Å². The molecule has 1 N–H and O–H groups in total. The summed E-state index contributed by atoms with van der Waals surface area (Å²) in [4.78, 5) is 10.5. The van der Waals surface area contributed by atoms with Crippen LogP contribution in [-0.4, -0.2) is 25.2 Å². The third-order valence-corrected chi connectivity index (χ3v) is 1.58. The molecule has 3 heteroatoms. The Morgan fingerprint density at radius 2 is 2.50 bits per heavy atom. The summed E-state index contributed by atoms with van der Waals surface area (Å²) in [6, 6.07) is 0. The molecule has 0 radical (unpaired) electrons. The van der Waals surface area contributed by atoms with Crippen molar-refractivity contribution in [3.63, 3.8) is 0 Å². The Kier molecular flexibility index (Phi) is 2.68. The summed E-state index contributed by atoms with van der Waals surface area (Å²) < 4.78 is 4.99. The van der Waals surface area contributed by atoms with Crippen LogP contribution < -0.4 is 5.32 Å². The van der Waals surface area contributed by atoms with Gasteiger partial charge in [0, 0.05) is 13.5 Å². The molecule has 1 atom stereocenters. The van der Waals surface area contributed by atoms with Crippen LogP contribution in [-0.2, 0) is 9.53 Å². The molecule has 0 bridgehead atoms. The van der Waals surface area contributed by atoms with Crippen molar-refractivity contribution >= 4 is 5.97 Å². The predicted molar refractivity (Wildman–Crippen MR) is 37.7 cm³/mol. The molecule has 0 aromatic rings. The van der Waals surface area contributed by atoms with E-state index in [2.05, 4.69) is 5.32 Å². The first kappa shape index (κ1) is 7.54. The number of esters is 1. The summed E-state index contributed by atoms with van der Waals surface area (Å²) in [5, 5.41) is 3.16. The average Bonchev–Trinajstić information content (AvgIpc) is 1.88. The number of hydrogen-bond donors (Lipinski definition) is 1. The van der Waals surface area contributed by atoms with Crippen molar-refractivity contribution in [1.29, 1.82) is 0 Å². The highest BCUT2D eigenvalue weighted by atomic mass is 16.5. The fraction of sp³-hybridized carbons (Fsp3) is 0.857. The van der Waals surface area contributed by atoms with Crippen LogP contribution in [0.4, 0.5) is 0 Å².